The normalized spacial score (nSPS) is 29.7. The first-order valence-electron chi connectivity index (χ1n) is 11.3. The largest absolute Gasteiger partial charge is 0.462 e. The zero-order chi connectivity index (χ0) is 19.8. The average Bonchev–Trinajstić information content (AvgIpc) is 2.99. The van der Waals surface area contributed by atoms with Crippen LogP contribution in [-0.2, 0) is 19.1 Å². The number of hydrogen-bond acceptors (Lipinski definition) is 4. The van der Waals surface area contributed by atoms with Gasteiger partial charge in [0.1, 0.15) is 12.2 Å². The Hall–Kier alpha value is -1.06. The zero-order valence-electron chi connectivity index (χ0n) is 17.9. The molecule has 0 aromatic rings. The van der Waals surface area contributed by atoms with Crippen LogP contribution < -0.4 is 0 Å². The van der Waals surface area contributed by atoms with Crippen LogP contribution in [0.1, 0.15) is 98.3 Å². The molecule has 27 heavy (non-hydrogen) atoms. The quantitative estimate of drug-likeness (QED) is 0.342. The van der Waals surface area contributed by atoms with Crippen molar-refractivity contribution in [1.29, 1.82) is 0 Å². The van der Waals surface area contributed by atoms with Crippen LogP contribution in [-0.4, -0.2) is 24.1 Å². The number of rotatable bonds is 11. The van der Waals surface area contributed by atoms with E-state index in [1.54, 1.807) is 0 Å². The second-order valence-electron chi connectivity index (χ2n) is 9.15. The number of unbranched alkanes of at least 4 members (excludes halogenated alkanes) is 3. The Morgan fingerprint density at radius 2 is 1.48 bits per heavy atom. The summed E-state index contributed by atoms with van der Waals surface area (Å²) in [5.74, 6) is 0.933. The summed E-state index contributed by atoms with van der Waals surface area (Å²) in [4.78, 5) is 24.2. The Labute approximate surface area is 165 Å². The van der Waals surface area contributed by atoms with Gasteiger partial charge in [-0.2, -0.15) is 0 Å². The molecule has 0 aliphatic carbocycles. The molecule has 0 amide bonds. The number of esters is 2. The van der Waals surface area contributed by atoms with E-state index in [0.29, 0.717) is 11.8 Å². The van der Waals surface area contributed by atoms with E-state index in [1.165, 1.54) is 12.8 Å². The molecule has 4 nitrogen and oxygen atoms in total. The molecule has 2 aliphatic rings. The van der Waals surface area contributed by atoms with E-state index in [2.05, 4.69) is 27.7 Å². The SMILES string of the molecule is CCCCCC1CC(C(C)CCCCC2CCC(C(C)C)C(=O)O2)C(=O)O1. The molecule has 2 saturated heterocycles. The van der Waals surface area contributed by atoms with E-state index in [9.17, 15) is 9.59 Å². The number of carbonyl (C=O) groups excluding carboxylic acids is 2. The van der Waals surface area contributed by atoms with Crippen LogP contribution in [0.15, 0.2) is 0 Å². The minimum Gasteiger partial charge on any atom is -0.462 e. The van der Waals surface area contributed by atoms with Crippen molar-refractivity contribution in [3.63, 3.8) is 0 Å². The van der Waals surface area contributed by atoms with Crippen molar-refractivity contribution in [2.45, 2.75) is 111 Å². The molecular weight excluding hydrogens is 340 g/mol. The summed E-state index contributed by atoms with van der Waals surface area (Å²) in [6, 6.07) is 0. The molecule has 2 fully saturated rings. The second-order valence-corrected chi connectivity index (χ2v) is 9.15. The highest BCUT2D eigenvalue weighted by molar-refractivity contribution is 5.75. The molecule has 0 aromatic heterocycles. The minimum absolute atomic E-state index is 0.00238. The third kappa shape index (κ3) is 6.80. The number of ether oxygens (including phenoxy) is 2. The van der Waals surface area contributed by atoms with Crippen LogP contribution in [0.3, 0.4) is 0 Å². The van der Waals surface area contributed by atoms with E-state index in [-0.39, 0.29) is 36.0 Å². The highest BCUT2D eigenvalue weighted by Gasteiger charge is 2.37. The first-order valence-corrected chi connectivity index (χ1v) is 11.3. The Morgan fingerprint density at radius 1 is 0.852 bits per heavy atom. The molecule has 0 spiro atoms. The van der Waals surface area contributed by atoms with Gasteiger partial charge < -0.3 is 9.47 Å². The Balaban J connectivity index is 1.61. The molecule has 0 N–H and O–H groups in total. The van der Waals surface area contributed by atoms with Crippen molar-refractivity contribution < 1.29 is 19.1 Å². The third-order valence-corrected chi connectivity index (χ3v) is 6.54. The summed E-state index contributed by atoms with van der Waals surface area (Å²) < 4.78 is 11.2. The smallest absolute Gasteiger partial charge is 0.309 e. The first-order chi connectivity index (χ1) is 12.9. The molecular formula is C23H40O4. The molecule has 0 radical (unpaired) electrons. The van der Waals surface area contributed by atoms with Gasteiger partial charge in [-0.3, -0.25) is 9.59 Å². The molecule has 2 heterocycles. The van der Waals surface area contributed by atoms with Gasteiger partial charge in [-0.25, -0.2) is 0 Å². The van der Waals surface area contributed by atoms with Crippen LogP contribution >= 0.6 is 0 Å². The zero-order valence-corrected chi connectivity index (χ0v) is 17.9. The summed E-state index contributed by atoms with van der Waals surface area (Å²) in [7, 11) is 0. The lowest BCUT2D eigenvalue weighted by atomic mass is 9.85. The van der Waals surface area contributed by atoms with Gasteiger partial charge in [-0.15, -0.1) is 0 Å². The lowest BCUT2D eigenvalue weighted by molar-refractivity contribution is -0.162. The standard InChI is InChI=1S/C23H40O4/c1-5-6-7-12-19-15-21(23(25)27-19)17(4)10-8-9-11-18-13-14-20(16(2)3)22(24)26-18/h16-21H,5-15H2,1-4H3. The molecule has 5 atom stereocenters. The number of carbonyl (C=O) groups is 2. The molecule has 0 bridgehead atoms. The predicted molar refractivity (Wildman–Crippen MR) is 107 cm³/mol. The van der Waals surface area contributed by atoms with Gasteiger partial charge in [0, 0.05) is 0 Å². The highest BCUT2D eigenvalue weighted by atomic mass is 16.6. The van der Waals surface area contributed by atoms with Crippen molar-refractivity contribution in [1.82, 2.24) is 0 Å². The lowest BCUT2D eigenvalue weighted by Gasteiger charge is -2.30. The first kappa shape index (κ1) is 22.2. The van der Waals surface area contributed by atoms with Crippen LogP contribution in [0.4, 0.5) is 0 Å². The summed E-state index contributed by atoms with van der Waals surface area (Å²) in [6.45, 7) is 8.57. The van der Waals surface area contributed by atoms with Gasteiger partial charge in [0.05, 0.1) is 11.8 Å². The molecule has 5 unspecified atom stereocenters. The van der Waals surface area contributed by atoms with E-state index < -0.39 is 0 Å². The van der Waals surface area contributed by atoms with Crippen molar-refractivity contribution in [3.05, 3.63) is 0 Å². The van der Waals surface area contributed by atoms with Gasteiger partial charge in [-0.05, 0) is 63.2 Å². The third-order valence-electron chi connectivity index (χ3n) is 6.54. The van der Waals surface area contributed by atoms with E-state index in [4.69, 9.17) is 9.47 Å². The molecule has 0 saturated carbocycles. The van der Waals surface area contributed by atoms with Crippen LogP contribution in [0.2, 0.25) is 0 Å². The number of hydrogen-bond donors (Lipinski definition) is 0. The molecule has 2 rings (SSSR count). The maximum atomic E-state index is 12.2. The Morgan fingerprint density at radius 3 is 2.15 bits per heavy atom. The predicted octanol–water partition coefficient (Wildman–Crippen LogP) is 5.67. The van der Waals surface area contributed by atoms with E-state index >= 15 is 0 Å². The topological polar surface area (TPSA) is 52.6 Å². The summed E-state index contributed by atoms with van der Waals surface area (Å²) in [5.41, 5.74) is 0. The fourth-order valence-corrected chi connectivity index (χ4v) is 4.58. The van der Waals surface area contributed by atoms with Crippen molar-refractivity contribution in [2.75, 3.05) is 0 Å². The molecule has 156 valence electrons. The minimum atomic E-state index is -0.00238. The van der Waals surface area contributed by atoms with E-state index in [1.807, 2.05) is 0 Å². The van der Waals surface area contributed by atoms with Gasteiger partial charge in [0.15, 0.2) is 0 Å². The van der Waals surface area contributed by atoms with Crippen molar-refractivity contribution >= 4 is 11.9 Å². The lowest BCUT2D eigenvalue weighted by Crippen LogP contribution is -2.33. The van der Waals surface area contributed by atoms with Gasteiger partial charge in [0.2, 0.25) is 0 Å². The summed E-state index contributed by atoms with van der Waals surface area (Å²) in [5, 5.41) is 0. The maximum Gasteiger partial charge on any atom is 0.309 e. The molecule has 0 aromatic carbocycles. The fourth-order valence-electron chi connectivity index (χ4n) is 4.58. The van der Waals surface area contributed by atoms with Gasteiger partial charge in [0.25, 0.3) is 0 Å². The maximum absolute atomic E-state index is 12.2. The van der Waals surface area contributed by atoms with Crippen molar-refractivity contribution in [3.8, 4) is 0 Å². The van der Waals surface area contributed by atoms with Crippen LogP contribution in [0.5, 0.6) is 0 Å². The fraction of sp³-hybridized carbons (Fsp3) is 0.913. The number of cyclic esters (lactones) is 2. The Bertz CT molecular complexity index is 473. The Kier molecular flexibility index (Phi) is 9.11. The molecule has 2 aliphatic heterocycles. The highest BCUT2D eigenvalue weighted by Crippen LogP contribution is 2.33. The van der Waals surface area contributed by atoms with E-state index in [0.717, 1.165) is 57.8 Å². The van der Waals surface area contributed by atoms with Crippen LogP contribution in [0, 0.1) is 23.7 Å². The van der Waals surface area contributed by atoms with Crippen LogP contribution in [0.25, 0.3) is 0 Å². The summed E-state index contributed by atoms with van der Waals surface area (Å²) in [6.07, 6.45) is 11.9. The molecule has 4 heteroatoms. The second kappa shape index (κ2) is 11.1. The monoisotopic (exact) mass is 380 g/mol. The van der Waals surface area contributed by atoms with Gasteiger partial charge >= 0.3 is 11.9 Å². The average molecular weight is 381 g/mol. The summed E-state index contributed by atoms with van der Waals surface area (Å²) >= 11 is 0. The van der Waals surface area contributed by atoms with Gasteiger partial charge in [-0.1, -0.05) is 47.0 Å². The van der Waals surface area contributed by atoms with Crippen molar-refractivity contribution in [2.24, 2.45) is 23.7 Å².